The molecule has 0 aromatic carbocycles. The Morgan fingerprint density at radius 2 is 1.94 bits per heavy atom. The van der Waals surface area contributed by atoms with Crippen molar-refractivity contribution in [1.82, 2.24) is 4.90 Å². The smallest absolute Gasteiger partial charge is 0.228 e. The SMILES string of the molecule is CC1OC(C)C(C(=O)N(CCCN)C2CC2)C1C. The second kappa shape index (κ2) is 5.57. The predicted octanol–water partition coefficient (Wildman–Crippen LogP) is 1.39. The minimum absolute atomic E-state index is 0.0263. The van der Waals surface area contributed by atoms with Gasteiger partial charge in [0.2, 0.25) is 5.91 Å². The minimum atomic E-state index is 0.0263. The zero-order valence-corrected chi connectivity index (χ0v) is 11.8. The van der Waals surface area contributed by atoms with E-state index in [1.165, 1.54) is 0 Å². The van der Waals surface area contributed by atoms with Crippen molar-refractivity contribution in [3.05, 3.63) is 0 Å². The van der Waals surface area contributed by atoms with Crippen LogP contribution in [-0.4, -0.2) is 42.1 Å². The number of hydrogen-bond acceptors (Lipinski definition) is 3. The second-order valence-electron chi connectivity index (χ2n) is 5.84. The third kappa shape index (κ3) is 2.69. The maximum absolute atomic E-state index is 12.7. The Labute approximate surface area is 110 Å². The molecule has 1 saturated carbocycles. The van der Waals surface area contributed by atoms with E-state index in [1.807, 2.05) is 6.92 Å². The van der Waals surface area contributed by atoms with Crippen molar-refractivity contribution < 1.29 is 9.53 Å². The monoisotopic (exact) mass is 254 g/mol. The summed E-state index contributed by atoms with van der Waals surface area (Å²) in [5, 5.41) is 0. The van der Waals surface area contributed by atoms with Gasteiger partial charge in [-0.1, -0.05) is 6.92 Å². The number of rotatable bonds is 5. The van der Waals surface area contributed by atoms with E-state index >= 15 is 0 Å². The average Bonchev–Trinajstić information content (AvgIpc) is 3.10. The van der Waals surface area contributed by atoms with Crippen LogP contribution in [0.25, 0.3) is 0 Å². The summed E-state index contributed by atoms with van der Waals surface area (Å²) in [6.45, 7) is 7.68. The number of carbonyl (C=O) groups excluding carboxylic acids is 1. The van der Waals surface area contributed by atoms with Crippen LogP contribution in [0.4, 0.5) is 0 Å². The molecule has 1 aliphatic heterocycles. The summed E-state index contributed by atoms with van der Waals surface area (Å²) in [7, 11) is 0. The lowest BCUT2D eigenvalue weighted by molar-refractivity contribution is -0.138. The lowest BCUT2D eigenvalue weighted by atomic mass is 9.88. The molecule has 0 spiro atoms. The van der Waals surface area contributed by atoms with Crippen LogP contribution in [0.5, 0.6) is 0 Å². The molecule has 1 saturated heterocycles. The van der Waals surface area contributed by atoms with E-state index in [0.29, 0.717) is 18.5 Å². The molecule has 2 N–H and O–H groups in total. The molecule has 2 aliphatic rings. The fourth-order valence-electron chi connectivity index (χ4n) is 3.00. The van der Waals surface area contributed by atoms with Gasteiger partial charge in [-0.25, -0.2) is 0 Å². The fraction of sp³-hybridized carbons (Fsp3) is 0.929. The first-order valence-electron chi connectivity index (χ1n) is 7.22. The summed E-state index contributed by atoms with van der Waals surface area (Å²) in [5.74, 6) is 0.625. The van der Waals surface area contributed by atoms with Gasteiger partial charge in [-0.3, -0.25) is 4.79 Å². The van der Waals surface area contributed by atoms with Crippen molar-refractivity contribution in [3.8, 4) is 0 Å². The number of amides is 1. The van der Waals surface area contributed by atoms with Gasteiger partial charge in [-0.2, -0.15) is 0 Å². The van der Waals surface area contributed by atoms with E-state index in [2.05, 4.69) is 18.7 Å². The number of carbonyl (C=O) groups is 1. The molecular weight excluding hydrogens is 228 g/mol. The molecule has 1 heterocycles. The van der Waals surface area contributed by atoms with Gasteiger partial charge in [0.1, 0.15) is 0 Å². The van der Waals surface area contributed by atoms with E-state index in [9.17, 15) is 4.79 Å². The minimum Gasteiger partial charge on any atom is -0.374 e. The normalized spacial score (nSPS) is 35.8. The molecule has 1 amide bonds. The van der Waals surface area contributed by atoms with Crippen LogP contribution in [-0.2, 0) is 9.53 Å². The Bertz CT molecular complexity index is 304. The van der Waals surface area contributed by atoms with Crippen molar-refractivity contribution in [2.75, 3.05) is 13.1 Å². The van der Waals surface area contributed by atoms with Gasteiger partial charge >= 0.3 is 0 Å². The summed E-state index contributed by atoms with van der Waals surface area (Å²) in [6, 6.07) is 0.472. The highest BCUT2D eigenvalue weighted by molar-refractivity contribution is 5.80. The molecular formula is C14H26N2O2. The largest absolute Gasteiger partial charge is 0.374 e. The average molecular weight is 254 g/mol. The van der Waals surface area contributed by atoms with Gasteiger partial charge in [0, 0.05) is 12.6 Å². The van der Waals surface area contributed by atoms with Crippen LogP contribution < -0.4 is 5.73 Å². The van der Waals surface area contributed by atoms with Gasteiger partial charge < -0.3 is 15.4 Å². The molecule has 0 radical (unpaired) electrons. The number of nitrogens with zero attached hydrogens (tertiary/aromatic N) is 1. The maximum atomic E-state index is 12.7. The van der Waals surface area contributed by atoms with Gasteiger partial charge in [-0.15, -0.1) is 0 Å². The van der Waals surface area contributed by atoms with E-state index < -0.39 is 0 Å². The number of hydrogen-bond donors (Lipinski definition) is 1. The van der Waals surface area contributed by atoms with Crippen molar-refractivity contribution >= 4 is 5.91 Å². The zero-order chi connectivity index (χ0) is 13.3. The summed E-state index contributed by atoms with van der Waals surface area (Å²) in [5.41, 5.74) is 5.56. The molecule has 4 unspecified atom stereocenters. The lowest BCUT2D eigenvalue weighted by Gasteiger charge is -2.28. The highest BCUT2D eigenvalue weighted by Gasteiger charge is 2.45. The van der Waals surface area contributed by atoms with E-state index in [4.69, 9.17) is 10.5 Å². The van der Waals surface area contributed by atoms with Crippen LogP contribution in [0, 0.1) is 11.8 Å². The Morgan fingerprint density at radius 3 is 2.39 bits per heavy atom. The summed E-state index contributed by atoms with van der Waals surface area (Å²) >= 11 is 0. The van der Waals surface area contributed by atoms with Crippen molar-refractivity contribution in [3.63, 3.8) is 0 Å². The van der Waals surface area contributed by atoms with Crippen LogP contribution in [0.15, 0.2) is 0 Å². The molecule has 4 atom stereocenters. The molecule has 18 heavy (non-hydrogen) atoms. The first-order chi connectivity index (χ1) is 8.56. The van der Waals surface area contributed by atoms with Gasteiger partial charge in [0.05, 0.1) is 18.1 Å². The molecule has 4 heteroatoms. The Balaban J connectivity index is 2.03. The molecule has 2 fully saturated rings. The first-order valence-corrected chi connectivity index (χ1v) is 7.22. The molecule has 4 nitrogen and oxygen atoms in total. The third-order valence-corrected chi connectivity index (χ3v) is 4.40. The highest BCUT2D eigenvalue weighted by Crippen LogP contribution is 2.36. The standard InChI is InChI=1S/C14H26N2O2/c1-9-10(2)18-11(3)13(9)14(17)16(8-4-7-15)12-5-6-12/h9-13H,4-8,15H2,1-3H3. The molecule has 0 bridgehead atoms. The van der Waals surface area contributed by atoms with Crippen molar-refractivity contribution in [1.29, 1.82) is 0 Å². The molecule has 104 valence electrons. The Kier molecular flexibility index (Phi) is 4.28. The van der Waals surface area contributed by atoms with Crippen LogP contribution in [0.1, 0.15) is 40.0 Å². The van der Waals surface area contributed by atoms with Crippen LogP contribution in [0.2, 0.25) is 0 Å². The maximum Gasteiger partial charge on any atom is 0.228 e. The molecule has 0 aromatic heterocycles. The Hall–Kier alpha value is -0.610. The van der Waals surface area contributed by atoms with Gasteiger partial charge in [0.25, 0.3) is 0 Å². The predicted molar refractivity (Wildman–Crippen MR) is 71.1 cm³/mol. The lowest BCUT2D eigenvalue weighted by Crippen LogP contribution is -2.43. The number of ether oxygens (including phenoxy) is 1. The highest BCUT2D eigenvalue weighted by atomic mass is 16.5. The van der Waals surface area contributed by atoms with E-state index in [1.54, 1.807) is 0 Å². The second-order valence-corrected chi connectivity index (χ2v) is 5.84. The van der Waals surface area contributed by atoms with Crippen molar-refractivity contribution in [2.24, 2.45) is 17.6 Å². The summed E-state index contributed by atoms with van der Waals surface area (Å²) < 4.78 is 5.79. The van der Waals surface area contributed by atoms with Gasteiger partial charge in [-0.05, 0) is 45.6 Å². The van der Waals surface area contributed by atoms with E-state index in [0.717, 1.165) is 25.8 Å². The molecule has 2 rings (SSSR count). The quantitative estimate of drug-likeness (QED) is 0.806. The zero-order valence-electron chi connectivity index (χ0n) is 11.8. The Morgan fingerprint density at radius 1 is 1.28 bits per heavy atom. The molecule has 1 aliphatic carbocycles. The first kappa shape index (κ1) is 13.8. The van der Waals surface area contributed by atoms with Crippen LogP contribution in [0.3, 0.4) is 0 Å². The third-order valence-electron chi connectivity index (χ3n) is 4.40. The summed E-state index contributed by atoms with van der Waals surface area (Å²) in [4.78, 5) is 14.8. The fourth-order valence-corrected chi connectivity index (χ4v) is 3.00. The van der Waals surface area contributed by atoms with Gasteiger partial charge in [0.15, 0.2) is 0 Å². The van der Waals surface area contributed by atoms with Crippen LogP contribution >= 0.6 is 0 Å². The van der Waals surface area contributed by atoms with E-state index in [-0.39, 0.29) is 24.0 Å². The summed E-state index contributed by atoms with van der Waals surface area (Å²) in [6.07, 6.45) is 3.43. The molecule has 0 aromatic rings. The topological polar surface area (TPSA) is 55.6 Å². The van der Waals surface area contributed by atoms with Crippen molar-refractivity contribution in [2.45, 2.75) is 58.3 Å². The number of nitrogens with two attached hydrogens (primary N) is 1.